The second-order valence-corrected chi connectivity index (χ2v) is 7.09. The molecule has 1 unspecified atom stereocenters. The van der Waals surface area contributed by atoms with Gasteiger partial charge in [0.25, 0.3) is 0 Å². The molecule has 138 valence electrons. The standard InChI is InChI=1S/C22H22N2O3/c1-15(25)11-17-12-24(22(26)27-14-16-7-3-2-4-8-16)13-20-21(17)18-9-5-6-10-19(18)23-20/h2-10,17,23H,11-14H2,1H3. The molecule has 27 heavy (non-hydrogen) atoms. The van der Waals surface area contributed by atoms with Gasteiger partial charge in [-0.2, -0.15) is 0 Å². The van der Waals surface area contributed by atoms with Crippen molar-refractivity contribution >= 4 is 22.8 Å². The van der Waals surface area contributed by atoms with E-state index in [-0.39, 0.29) is 24.4 Å². The number of aromatic nitrogens is 1. The van der Waals surface area contributed by atoms with Crippen molar-refractivity contribution in [2.24, 2.45) is 0 Å². The number of amides is 1. The zero-order chi connectivity index (χ0) is 18.8. The first kappa shape index (κ1) is 17.3. The molecular formula is C22H22N2O3. The Balaban J connectivity index is 1.57. The predicted octanol–water partition coefficient (Wildman–Crippen LogP) is 4.38. The first-order valence-corrected chi connectivity index (χ1v) is 9.16. The molecule has 4 rings (SSSR count). The van der Waals surface area contributed by atoms with Gasteiger partial charge in [0.05, 0.1) is 6.54 Å². The number of hydrogen-bond acceptors (Lipinski definition) is 3. The third-order valence-corrected chi connectivity index (χ3v) is 5.02. The lowest BCUT2D eigenvalue weighted by atomic mass is 9.88. The summed E-state index contributed by atoms with van der Waals surface area (Å²) >= 11 is 0. The van der Waals surface area contributed by atoms with Crippen LogP contribution in [0, 0.1) is 0 Å². The van der Waals surface area contributed by atoms with E-state index in [0.29, 0.717) is 19.5 Å². The number of hydrogen-bond donors (Lipinski definition) is 1. The van der Waals surface area contributed by atoms with Gasteiger partial charge in [0.2, 0.25) is 0 Å². The van der Waals surface area contributed by atoms with Crippen molar-refractivity contribution in [3.05, 3.63) is 71.4 Å². The van der Waals surface area contributed by atoms with Gasteiger partial charge in [-0.15, -0.1) is 0 Å². The summed E-state index contributed by atoms with van der Waals surface area (Å²) in [7, 11) is 0. The molecule has 0 fully saturated rings. The van der Waals surface area contributed by atoms with E-state index in [1.54, 1.807) is 11.8 Å². The number of rotatable bonds is 4. The third kappa shape index (κ3) is 3.58. The van der Waals surface area contributed by atoms with Gasteiger partial charge in [-0.05, 0) is 24.1 Å². The number of fused-ring (bicyclic) bond motifs is 3. The maximum Gasteiger partial charge on any atom is 0.410 e. The van der Waals surface area contributed by atoms with Crippen molar-refractivity contribution in [2.45, 2.75) is 32.4 Å². The summed E-state index contributed by atoms with van der Waals surface area (Å²) in [5.41, 5.74) is 4.14. The van der Waals surface area contributed by atoms with E-state index in [4.69, 9.17) is 4.74 Å². The average molecular weight is 362 g/mol. The van der Waals surface area contributed by atoms with E-state index in [9.17, 15) is 9.59 Å². The molecule has 0 bridgehead atoms. The monoisotopic (exact) mass is 362 g/mol. The summed E-state index contributed by atoms with van der Waals surface area (Å²) in [6.07, 6.45) is 0.0637. The van der Waals surface area contributed by atoms with Crippen LogP contribution >= 0.6 is 0 Å². The van der Waals surface area contributed by atoms with Crippen molar-refractivity contribution < 1.29 is 14.3 Å². The Hall–Kier alpha value is -3.08. The zero-order valence-corrected chi connectivity index (χ0v) is 15.3. The number of benzene rings is 2. The summed E-state index contributed by atoms with van der Waals surface area (Å²) in [4.78, 5) is 29.6. The minimum atomic E-state index is -0.350. The van der Waals surface area contributed by atoms with E-state index in [1.807, 2.05) is 48.5 Å². The van der Waals surface area contributed by atoms with Gasteiger partial charge >= 0.3 is 6.09 Å². The van der Waals surface area contributed by atoms with E-state index in [0.717, 1.165) is 27.7 Å². The summed E-state index contributed by atoms with van der Waals surface area (Å²) in [5.74, 6) is 0.0995. The van der Waals surface area contributed by atoms with Crippen molar-refractivity contribution in [2.75, 3.05) is 6.54 Å². The number of carbonyl (C=O) groups excluding carboxylic acids is 2. The number of ether oxygens (including phenoxy) is 1. The number of H-pyrrole nitrogens is 1. The molecule has 1 atom stereocenters. The largest absolute Gasteiger partial charge is 0.445 e. The van der Waals surface area contributed by atoms with E-state index >= 15 is 0 Å². The molecule has 0 saturated carbocycles. The van der Waals surface area contributed by atoms with Crippen LogP contribution in [0.5, 0.6) is 0 Å². The van der Waals surface area contributed by atoms with Crippen molar-refractivity contribution in [1.29, 1.82) is 0 Å². The van der Waals surface area contributed by atoms with Gasteiger partial charge in [-0.3, -0.25) is 0 Å². The van der Waals surface area contributed by atoms with E-state index < -0.39 is 0 Å². The second-order valence-electron chi connectivity index (χ2n) is 7.09. The number of ketones is 1. The Morgan fingerprint density at radius 3 is 2.63 bits per heavy atom. The topological polar surface area (TPSA) is 62.4 Å². The van der Waals surface area contributed by atoms with Crippen LogP contribution in [-0.4, -0.2) is 28.3 Å². The molecule has 5 nitrogen and oxygen atoms in total. The van der Waals surface area contributed by atoms with Gasteiger partial charge in [0, 0.05) is 35.5 Å². The molecule has 3 aromatic rings. The smallest absolute Gasteiger partial charge is 0.410 e. The summed E-state index contributed by atoms with van der Waals surface area (Å²) in [6, 6.07) is 17.7. The molecule has 0 aliphatic carbocycles. The lowest BCUT2D eigenvalue weighted by molar-refractivity contribution is -0.117. The molecule has 0 radical (unpaired) electrons. The Labute approximate surface area is 157 Å². The van der Waals surface area contributed by atoms with Gasteiger partial charge in [-0.25, -0.2) is 4.79 Å². The Morgan fingerprint density at radius 1 is 1.11 bits per heavy atom. The molecule has 0 spiro atoms. The lowest BCUT2D eigenvalue weighted by Gasteiger charge is -2.32. The number of carbonyl (C=O) groups is 2. The van der Waals surface area contributed by atoms with Crippen LogP contribution in [0.2, 0.25) is 0 Å². The molecule has 1 N–H and O–H groups in total. The first-order chi connectivity index (χ1) is 13.1. The fourth-order valence-electron chi connectivity index (χ4n) is 3.89. The Bertz CT molecular complexity index is 978. The van der Waals surface area contributed by atoms with Crippen LogP contribution in [0.4, 0.5) is 4.79 Å². The normalized spacial score (nSPS) is 16.2. The minimum Gasteiger partial charge on any atom is -0.445 e. The molecular weight excluding hydrogens is 340 g/mol. The van der Waals surface area contributed by atoms with E-state index in [1.165, 1.54) is 0 Å². The summed E-state index contributed by atoms with van der Waals surface area (Å²) in [6.45, 7) is 2.79. The van der Waals surface area contributed by atoms with Crippen LogP contribution in [-0.2, 0) is 22.7 Å². The average Bonchev–Trinajstić information content (AvgIpc) is 3.05. The Morgan fingerprint density at radius 2 is 1.85 bits per heavy atom. The lowest BCUT2D eigenvalue weighted by Crippen LogP contribution is -2.39. The van der Waals surface area contributed by atoms with Crippen molar-refractivity contribution in [3.8, 4) is 0 Å². The van der Waals surface area contributed by atoms with Crippen LogP contribution in [0.1, 0.15) is 36.1 Å². The van der Waals surface area contributed by atoms with Crippen LogP contribution in [0.25, 0.3) is 10.9 Å². The number of nitrogens with zero attached hydrogens (tertiary/aromatic N) is 1. The number of para-hydroxylation sites is 1. The number of Topliss-reactive ketones (excluding diaryl/α,β-unsaturated/α-hetero) is 1. The quantitative estimate of drug-likeness (QED) is 0.749. The van der Waals surface area contributed by atoms with Crippen molar-refractivity contribution in [3.63, 3.8) is 0 Å². The molecule has 1 aliphatic rings. The molecule has 5 heteroatoms. The third-order valence-electron chi connectivity index (χ3n) is 5.02. The highest BCUT2D eigenvalue weighted by Gasteiger charge is 2.32. The zero-order valence-electron chi connectivity index (χ0n) is 15.3. The summed E-state index contributed by atoms with van der Waals surface area (Å²) < 4.78 is 5.50. The molecule has 1 aromatic heterocycles. The highest BCUT2D eigenvalue weighted by atomic mass is 16.6. The minimum absolute atomic E-state index is 0.0216. The van der Waals surface area contributed by atoms with Gasteiger partial charge in [0.1, 0.15) is 12.4 Å². The van der Waals surface area contributed by atoms with Gasteiger partial charge in [-0.1, -0.05) is 48.5 Å². The SMILES string of the molecule is CC(=O)CC1CN(C(=O)OCc2ccccc2)Cc2[nH]c3ccccc3c21. The maximum absolute atomic E-state index is 12.6. The Kier molecular flexibility index (Phi) is 4.67. The molecule has 2 heterocycles. The van der Waals surface area contributed by atoms with Crippen molar-refractivity contribution in [1.82, 2.24) is 9.88 Å². The molecule has 1 amide bonds. The number of nitrogens with one attached hydrogen (secondary N) is 1. The molecule has 0 saturated heterocycles. The highest BCUT2D eigenvalue weighted by molar-refractivity contribution is 5.87. The van der Waals surface area contributed by atoms with Crippen LogP contribution < -0.4 is 0 Å². The molecule has 2 aromatic carbocycles. The summed E-state index contributed by atoms with van der Waals surface area (Å²) in [5, 5.41) is 1.14. The van der Waals surface area contributed by atoms with Gasteiger partial charge < -0.3 is 19.4 Å². The predicted molar refractivity (Wildman–Crippen MR) is 103 cm³/mol. The van der Waals surface area contributed by atoms with Crippen LogP contribution in [0.15, 0.2) is 54.6 Å². The first-order valence-electron chi connectivity index (χ1n) is 9.16. The molecule has 1 aliphatic heterocycles. The fraction of sp³-hybridized carbons (Fsp3) is 0.273. The fourth-order valence-corrected chi connectivity index (χ4v) is 3.89. The highest BCUT2D eigenvalue weighted by Crippen LogP contribution is 2.36. The second kappa shape index (κ2) is 7.27. The maximum atomic E-state index is 12.6. The van der Waals surface area contributed by atoms with E-state index in [2.05, 4.69) is 11.1 Å². The van der Waals surface area contributed by atoms with Gasteiger partial charge in [0.15, 0.2) is 0 Å². The van der Waals surface area contributed by atoms with Crippen LogP contribution in [0.3, 0.4) is 0 Å². The number of aromatic amines is 1.